The number of nitrogens with one attached hydrogen (secondary N) is 1. The Morgan fingerprint density at radius 3 is 2.45 bits per heavy atom. The summed E-state index contributed by atoms with van der Waals surface area (Å²) in [4.78, 5) is 31.2. The number of hydrogen-bond donors (Lipinski definition) is 3. The van der Waals surface area contributed by atoms with Gasteiger partial charge in [0, 0.05) is 35.0 Å². The van der Waals surface area contributed by atoms with Crippen LogP contribution in [0.25, 0.3) is 17.0 Å². The van der Waals surface area contributed by atoms with Crippen molar-refractivity contribution in [1.82, 2.24) is 4.57 Å². The minimum Gasteiger partial charge on any atom is -0.380 e. The van der Waals surface area contributed by atoms with Gasteiger partial charge in [0.25, 0.3) is 0 Å². The van der Waals surface area contributed by atoms with Gasteiger partial charge in [-0.15, -0.1) is 17.0 Å². The summed E-state index contributed by atoms with van der Waals surface area (Å²) in [5.74, 6) is 0.222. The van der Waals surface area contributed by atoms with E-state index in [4.69, 9.17) is 9.79 Å². The van der Waals surface area contributed by atoms with Crippen LogP contribution >= 0.6 is 24.6 Å². The molecule has 3 N–H and O–H groups in total. The fourth-order valence-corrected chi connectivity index (χ4v) is 4.60. The van der Waals surface area contributed by atoms with E-state index in [-0.39, 0.29) is 40.0 Å². The summed E-state index contributed by atoms with van der Waals surface area (Å²) in [7, 11) is -4.42. The molecular weight excluding hydrogens is 486 g/mol. The van der Waals surface area contributed by atoms with Gasteiger partial charge in [0.2, 0.25) is 0 Å². The van der Waals surface area contributed by atoms with E-state index in [2.05, 4.69) is 5.32 Å². The van der Waals surface area contributed by atoms with E-state index in [1.165, 1.54) is 12.5 Å². The second-order valence-corrected chi connectivity index (χ2v) is 9.50. The van der Waals surface area contributed by atoms with Crippen LogP contribution in [-0.2, 0) is 4.57 Å². The van der Waals surface area contributed by atoms with Gasteiger partial charge in [0.05, 0.1) is 11.2 Å². The van der Waals surface area contributed by atoms with Gasteiger partial charge in [-0.1, -0.05) is 33.1 Å². The third kappa shape index (κ3) is 6.28. The molecule has 172 valence electrons. The van der Waals surface area contributed by atoms with Crippen molar-refractivity contribution in [3.8, 4) is 0 Å². The van der Waals surface area contributed by atoms with Gasteiger partial charge in [0.1, 0.15) is 5.82 Å². The molecule has 1 heterocycles. The quantitative estimate of drug-likeness (QED) is 0.394. The lowest BCUT2D eigenvalue weighted by Crippen LogP contribution is -2.23. The zero-order valence-corrected chi connectivity index (χ0v) is 20.5. The molecule has 9 heteroatoms. The Morgan fingerprint density at radius 1 is 1.23 bits per heavy atom. The van der Waals surface area contributed by atoms with Gasteiger partial charge < -0.3 is 19.7 Å². The van der Waals surface area contributed by atoms with Crippen molar-refractivity contribution in [3.05, 3.63) is 45.8 Å². The van der Waals surface area contributed by atoms with E-state index in [1.54, 1.807) is 12.3 Å². The Balaban J connectivity index is 0.00000341. The van der Waals surface area contributed by atoms with Crippen LogP contribution in [0.15, 0.2) is 28.9 Å². The van der Waals surface area contributed by atoms with E-state index in [0.717, 1.165) is 44.6 Å². The van der Waals surface area contributed by atoms with Crippen LogP contribution in [-0.4, -0.2) is 20.4 Å². The third-order valence-electron chi connectivity index (χ3n) is 5.90. The van der Waals surface area contributed by atoms with Crippen LogP contribution in [0.1, 0.15) is 70.4 Å². The topological polar surface area (TPSA) is 91.6 Å². The second-order valence-electron chi connectivity index (χ2n) is 8.02. The van der Waals surface area contributed by atoms with Crippen LogP contribution in [0, 0.1) is 5.82 Å². The smallest absolute Gasteiger partial charge is 0.349 e. The lowest BCUT2D eigenvalue weighted by molar-refractivity contribution is 0.386. The van der Waals surface area contributed by atoms with Crippen LogP contribution in [0.5, 0.6) is 0 Å². The van der Waals surface area contributed by atoms with Crippen molar-refractivity contribution in [2.45, 2.75) is 70.9 Å². The molecule has 0 spiro atoms. The maximum Gasteiger partial charge on any atom is 0.349 e. The highest BCUT2D eigenvalue weighted by Crippen LogP contribution is 2.37. The Kier molecular flexibility index (Phi) is 9.07. The second kappa shape index (κ2) is 10.9. The van der Waals surface area contributed by atoms with Crippen LogP contribution < -0.4 is 10.7 Å². The normalized spacial score (nSPS) is 15.5. The van der Waals surface area contributed by atoms with Gasteiger partial charge in [-0.05, 0) is 43.9 Å². The fourth-order valence-electron chi connectivity index (χ4n) is 4.25. The SMILES string of the molecule is Br.CCC(CC)n1cc(/C=C/P(=O)(O)O)c(=O)c2cc(F)c(NC3CCCCC3)cc21. The standard InChI is InChI=1S/C22H30FN2O4P.BrH/c1-3-17(4-2)25-14-15(10-11-30(27,28)29)22(26)18-12-19(23)20(13-21(18)25)24-16-8-6-5-7-9-16;/h10-14,16-17,24H,3-9H2,1-2H3,(H2,27,28,29);1H/b11-10+;. The van der Waals surface area contributed by atoms with Crippen molar-refractivity contribution in [2.75, 3.05) is 5.32 Å². The molecule has 31 heavy (non-hydrogen) atoms. The number of nitrogens with zero attached hydrogens (tertiary/aromatic N) is 1. The molecule has 0 bridgehead atoms. The van der Waals surface area contributed by atoms with Crippen molar-refractivity contribution < 1.29 is 18.7 Å². The van der Waals surface area contributed by atoms with Gasteiger partial charge in [-0.3, -0.25) is 9.36 Å². The highest BCUT2D eigenvalue weighted by Gasteiger charge is 2.19. The van der Waals surface area contributed by atoms with E-state index in [1.807, 2.05) is 18.4 Å². The first-order valence-corrected chi connectivity index (χ1v) is 12.3. The van der Waals surface area contributed by atoms with Crippen LogP contribution in [0.4, 0.5) is 10.1 Å². The number of benzene rings is 1. The maximum atomic E-state index is 14.9. The predicted octanol–water partition coefficient (Wildman–Crippen LogP) is 5.97. The van der Waals surface area contributed by atoms with Gasteiger partial charge in [0.15, 0.2) is 5.43 Å². The highest BCUT2D eigenvalue weighted by atomic mass is 79.9. The molecule has 0 saturated heterocycles. The molecule has 6 nitrogen and oxygen atoms in total. The Morgan fingerprint density at radius 2 is 1.87 bits per heavy atom. The van der Waals surface area contributed by atoms with Gasteiger partial charge in [-0.2, -0.15) is 0 Å². The molecule has 0 amide bonds. The first-order chi connectivity index (χ1) is 14.2. The Hall–Kier alpha value is -1.47. The molecule has 1 aliphatic rings. The van der Waals surface area contributed by atoms with E-state index in [0.29, 0.717) is 17.0 Å². The Labute approximate surface area is 192 Å². The molecule has 0 aliphatic heterocycles. The molecule has 0 radical (unpaired) electrons. The number of pyridine rings is 1. The summed E-state index contributed by atoms with van der Waals surface area (Å²) in [6.07, 6.45) is 9.83. The summed E-state index contributed by atoms with van der Waals surface area (Å²) in [6, 6.07) is 3.25. The third-order valence-corrected chi connectivity index (χ3v) is 6.43. The minimum absolute atomic E-state index is 0. The monoisotopic (exact) mass is 516 g/mol. The lowest BCUT2D eigenvalue weighted by Gasteiger charge is -2.25. The van der Waals surface area contributed by atoms with Gasteiger partial charge >= 0.3 is 7.60 Å². The summed E-state index contributed by atoms with van der Waals surface area (Å²) in [5, 5.41) is 3.52. The number of anilines is 1. The van der Waals surface area contributed by atoms with Crippen molar-refractivity contribution in [2.24, 2.45) is 0 Å². The fraction of sp³-hybridized carbons (Fsp3) is 0.500. The maximum absolute atomic E-state index is 14.9. The van der Waals surface area contributed by atoms with Crippen LogP contribution in [0.3, 0.4) is 0 Å². The van der Waals surface area contributed by atoms with E-state index < -0.39 is 18.8 Å². The largest absolute Gasteiger partial charge is 0.380 e. The number of rotatable bonds is 7. The number of halogens is 2. The zero-order chi connectivity index (χ0) is 21.9. The molecule has 1 aliphatic carbocycles. The predicted molar refractivity (Wildman–Crippen MR) is 130 cm³/mol. The summed E-state index contributed by atoms with van der Waals surface area (Å²) >= 11 is 0. The number of hydrogen-bond acceptors (Lipinski definition) is 3. The molecule has 0 atom stereocenters. The molecule has 1 aromatic heterocycles. The molecule has 1 saturated carbocycles. The average Bonchev–Trinajstić information content (AvgIpc) is 2.71. The molecule has 1 fully saturated rings. The first kappa shape index (κ1) is 25.8. The highest BCUT2D eigenvalue weighted by molar-refractivity contribution is 8.93. The van der Waals surface area contributed by atoms with E-state index >= 15 is 0 Å². The molecule has 2 aromatic rings. The lowest BCUT2D eigenvalue weighted by atomic mass is 9.95. The summed E-state index contributed by atoms with van der Waals surface area (Å²) < 4.78 is 28.1. The summed E-state index contributed by atoms with van der Waals surface area (Å²) in [6.45, 7) is 4.07. The van der Waals surface area contributed by atoms with Gasteiger partial charge in [-0.25, -0.2) is 4.39 Å². The number of aromatic nitrogens is 1. The molecular formula is C22H31BrFN2O4P. The average molecular weight is 517 g/mol. The number of fused-ring (bicyclic) bond motifs is 1. The molecule has 3 rings (SSSR count). The van der Waals surface area contributed by atoms with Crippen molar-refractivity contribution in [3.63, 3.8) is 0 Å². The first-order valence-electron chi connectivity index (χ1n) is 10.6. The zero-order valence-electron chi connectivity index (χ0n) is 17.9. The van der Waals surface area contributed by atoms with Crippen molar-refractivity contribution >= 4 is 47.2 Å². The van der Waals surface area contributed by atoms with Crippen LogP contribution in [0.2, 0.25) is 0 Å². The summed E-state index contributed by atoms with van der Waals surface area (Å²) in [5.41, 5.74) is 0.707. The van der Waals surface area contributed by atoms with E-state index in [9.17, 15) is 13.8 Å². The molecule has 0 unspecified atom stereocenters. The minimum atomic E-state index is -4.42. The molecule has 1 aromatic carbocycles. The Bertz CT molecular complexity index is 1040. The van der Waals surface area contributed by atoms with Crippen molar-refractivity contribution in [1.29, 1.82) is 0 Å².